The molecule has 4 nitrogen and oxygen atoms in total. The SMILES string of the molecule is CN=C(NCCc1cccc(F)c1F)N(C)Cc1ccccc1OC.I. The van der Waals surface area contributed by atoms with Crippen LogP contribution in [0.3, 0.4) is 0 Å². The highest BCUT2D eigenvalue weighted by Crippen LogP contribution is 2.18. The van der Waals surface area contributed by atoms with Crippen LogP contribution in [0.15, 0.2) is 47.5 Å². The molecule has 0 aliphatic heterocycles. The van der Waals surface area contributed by atoms with E-state index in [-0.39, 0.29) is 24.0 Å². The first-order chi connectivity index (χ1) is 12.1. The number of benzene rings is 2. The average molecular weight is 475 g/mol. The number of nitrogens with one attached hydrogen (secondary N) is 1. The molecule has 0 aromatic heterocycles. The number of halogens is 3. The lowest BCUT2D eigenvalue weighted by atomic mass is 10.1. The number of aliphatic imine (C=N–C) groups is 1. The topological polar surface area (TPSA) is 36.9 Å². The van der Waals surface area contributed by atoms with Crippen LogP contribution in [-0.2, 0) is 13.0 Å². The van der Waals surface area contributed by atoms with Crippen molar-refractivity contribution in [1.29, 1.82) is 0 Å². The Morgan fingerprint density at radius 1 is 1.12 bits per heavy atom. The van der Waals surface area contributed by atoms with Crippen LogP contribution in [0.5, 0.6) is 5.75 Å². The van der Waals surface area contributed by atoms with Gasteiger partial charge in [0.15, 0.2) is 17.6 Å². The first-order valence-corrected chi connectivity index (χ1v) is 8.03. The van der Waals surface area contributed by atoms with Crippen molar-refractivity contribution < 1.29 is 13.5 Å². The molecule has 2 aromatic carbocycles. The third-order valence-corrected chi connectivity index (χ3v) is 3.88. The zero-order valence-electron chi connectivity index (χ0n) is 15.1. The summed E-state index contributed by atoms with van der Waals surface area (Å²) in [5.74, 6) is -0.133. The Kier molecular flexibility index (Phi) is 9.32. The number of ether oxygens (including phenoxy) is 1. The average Bonchev–Trinajstić information content (AvgIpc) is 2.62. The van der Waals surface area contributed by atoms with Crippen LogP contribution >= 0.6 is 24.0 Å². The van der Waals surface area contributed by atoms with E-state index in [0.717, 1.165) is 17.4 Å². The molecule has 0 aliphatic carbocycles. The maximum atomic E-state index is 13.7. The van der Waals surface area contributed by atoms with Crippen molar-refractivity contribution in [3.8, 4) is 5.75 Å². The molecule has 0 amide bonds. The Bertz CT molecular complexity index is 740. The summed E-state index contributed by atoms with van der Waals surface area (Å²) in [4.78, 5) is 6.18. The lowest BCUT2D eigenvalue weighted by molar-refractivity contribution is 0.396. The van der Waals surface area contributed by atoms with Crippen molar-refractivity contribution in [2.75, 3.05) is 27.7 Å². The molecular weight excluding hydrogens is 451 g/mol. The van der Waals surface area contributed by atoms with Crippen LogP contribution in [0, 0.1) is 11.6 Å². The monoisotopic (exact) mass is 475 g/mol. The van der Waals surface area contributed by atoms with Gasteiger partial charge in [-0.3, -0.25) is 4.99 Å². The molecule has 26 heavy (non-hydrogen) atoms. The third kappa shape index (κ3) is 5.82. The molecule has 2 rings (SSSR count). The summed E-state index contributed by atoms with van der Waals surface area (Å²) < 4.78 is 32.3. The fourth-order valence-corrected chi connectivity index (χ4v) is 2.60. The molecule has 142 valence electrons. The van der Waals surface area contributed by atoms with Gasteiger partial charge in [0.2, 0.25) is 0 Å². The second kappa shape index (κ2) is 10.9. The summed E-state index contributed by atoms with van der Waals surface area (Å²) in [6.07, 6.45) is 0.366. The number of hydrogen-bond acceptors (Lipinski definition) is 2. The van der Waals surface area contributed by atoms with Gasteiger partial charge in [-0.25, -0.2) is 8.78 Å². The van der Waals surface area contributed by atoms with E-state index in [0.29, 0.717) is 31.0 Å². The van der Waals surface area contributed by atoms with E-state index in [4.69, 9.17) is 4.74 Å². The van der Waals surface area contributed by atoms with Gasteiger partial charge in [0.25, 0.3) is 0 Å². The maximum Gasteiger partial charge on any atom is 0.193 e. The van der Waals surface area contributed by atoms with Gasteiger partial charge in [0, 0.05) is 32.7 Å². The van der Waals surface area contributed by atoms with Crippen LogP contribution in [-0.4, -0.2) is 38.6 Å². The van der Waals surface area contributed by atoms with Gasteiger partial charge in [0.1, 0.15) is 5.75 Å². The second-order valence-electron chi connectivity index (χ2n) is 5.60. The minimum absolute atomic E-state index is 0. The first-order valence-electron chi connectivity index (χ1n) is 8.03. The summed E-state index contributed by atoms with van der Waals surface area (Å²) in [6.45, 7) is 1.06. The van der Waals surface area contributed by atoms with Crippen molar-refractivity contribution >= 4 is 29.9 Å². The van der Waals surface area contributed by atoms with Crippen molar-refractivity contribution in [1.82, 2.24) is 10.2 Å². The number of rotatable bonds is 6. The zero-order valence-corrected chi connectivity index (χ0v) is 17.5. The first kappa shape index (κ1) is 22.1. The van der Waals surface area contributed by atoms with E-state index >= 15 is 0 Å². The predicted molar refractivity (Wildman–Crippen MR) is 111 cm³/mol. The largest absolute Gasteiger partial charge is 0.496 e. The van der Waals surface area contributed by atoms with Crippen LogP contribution in [0.2, 0.25) is 0 Å². The summed E-state index contributed by atoms with van der Waals surface area (Å²) in [7, 11) is 5.23. The molecule has 0 bridgehead atoms. The normalized spacial score (nSPS) is 10.9. The number of nitrogens with zero attached hydrogens (tertiary/aromatic N) is 2. The zero-order chi connectivity index (χ0) is 18.2. The Hall–Kier alpha value is -1.90. The smallest absolute Gasteiger partial charge is 0.193 e. The van der Waals surface area contributed by atoms with Crippen molar-refractivity contribution in [2.45, 2.75) is 13.0 Å². The van der Waals surface area contributed by atoms with Crippen LogP contribution in [0.25, 0.3) is 0 Å². The molecule has 1 N–H and O–H groups in total. The molecule has 0 heterocycles. The Morgan fingerprint density at radius 2 is 1.81 bits per heavy atom. The van der Waals surface area contributed by atoms with E-state index in [1.807, 2.05) is 36.2 Å². The predicted octanol–water partition coefficient (Wildman–Crippen LogP) is 3.84. The number of hydrogen-bond donors (Lipinski definition) is 1. The minimum Gasteiger partial charge on any atom is -0.496 e. The van der Waals surface area contributed by atoms with E-state index in [1.54, 1.807) is 20.2 Å². The van der Waals surface area contributed by atoms with E-state index in [2.05, 4.69) is 10.3 Å². The molecule has 7 heteroatoms. The summed E-state index contributed by atoms with van der Waals surface area (Å²) in [6, 6.07) is 12.0. The van der Waals surface area contributed by atoms with Crippen molar-refractivity contribution in [3.05, 3.63) is 65.2 Å². The van der Waals surface area contributed by atoms with Crippen LogP contribution in [0.1, 0.15) is 11.1 Å². The van der Waals surface area contributed by atoms with Gasteiger partial charge < -0.3 is 15.0 Å². The van der Waals surface area contributed by atoms with E-state index < -0.39 is 11.6 Å². The molecule has 0 radical (unpaired) electrons. The molecule has 0 spiro atoms. The quantitative estimate of drug-likeness (QED) is 0.392. The standard InChI is InChI=1S/C19H23F2N3O.HI/c1-22-19(23-12-11-14-8-6-9-16(20)18(14)21)24(2)13-15-7-4-5-10-17(15)25-3;/h4-10H,11-13H2,1-3H3,(H,22,23);1H. The summed E-state index contributed by atoms with van der Waals surface area (Å²) >= 11 is 0. The Morgan fingerprint density at radius 3 is 2.50 bits per heavy atom. The molecule has 0 saturated carbocycles. The highest BCUT2D eigenvalue weighted by molar-refractivity contribution is 14.0. The van der Waals surface area contributed by atoms with E-state index in [1.165, 1.54) is 6.07 Å². The molecule has 0 unspecified atom stereocenters. The van der Waals surface area contributed by atoms with Crippen LogP contribution in [0.4, 0.5) is 8.78 Å². The summed E-state index contributed by atoms with van der Waals surface area (Å²) in [5.41, 5.74) is 1.38. The van der Waals surface area contributed by atoms with Gasteiger partial charge in [-0.05, 0) is 24.1 Å². The Balaban J connectivity index is 0.00000338. The van der Waals surface area contributed by atoms with Gasteiger partial charge in [-0.15, -0.1) is 24.0 Å². The molecule has 2 aromatic rings. The lowest BCUT2D eigenvalue weighted by Gasteiger charge is -2.23. The molecule has 0 fully saturated rings. The number of guanidine groups is 1. The maximum absolute atomic E-state index is 13.7. The Labute approximate surface area is 170 Å². The summed E-state index contributed by atoms with van der Waals surface area (Å²) in [5, 5.41) is 3.17. The fraction of sp³-hybridized carbons (Fsp3) is 0.316. The lowest BCUT2D eigenvalue weighted by Crippen LogP contribution is -2.39. The highest BCUT2D eigenvalue weighted by Gasteiger charge is 2.11. The van der Waals surface area contributed by atoms with Gasteiger partial charge in [-0.2, -0.15) is 0 Å². The molecule has 0 aliphatic rings. The van der Waals surface area contributed by atoms with Gasteiger partial charge >= 0.3 is 0 Å². The minimum atomic E-state index is -0.824. The van der Waals surface area contributed by atoms with Gasteiger partial charge in [-0.1, -0.05) is 30.3 Å². The third-order valence-electron chi connectivity index (χ3n) is 3.88. The molecule has 0 atom stereocenters. The van der Waals surface area contributed by atoms with E-state index in [9.17, 15) is 8.78 Å². The highest BCUT2D eigenvalue weighted by atomic mass is 127. The molecular formula is C19H24F2IN3O. The number of methoxy groups -OCH3 is 1. The van der Waals surface area contributed by atoms with Gasteiger partial charge in [0.05, 0.1) is 7.11 Å². The number of para-hydroxylation sites is 1. The fourth-order valence-electron chi connectivity index (χ4n) is 2.60. The van der Waals surface area contributed by atoms with Crippen molar-refractivity contribution in [2.24, 2.45) is 4.99 Å². The molecule has 0 saturated heterocycles. The second-order valence-corrected chi connectivity index (χ2v) is 5.60. The van der Waals surface area contributed by atoms with Crippen LogP contribution < -0.4 is 10.1 Å². The van der Waals surface area contributed by atoms with Crippen molar-refractivity contribution in [3.63, 3.8) is 0 Å².